The number of hydrogen-bond acceptors (Lipinski definition) is 3. The number of nitrogens with one attached hydrogen (secondary N) is 1. The Hall–Kier alpha value is -1.39. The van der Waals surface area contributed by atoms with Gasteiger partial charge in [0.2, 0.25) is 0 Å². The lowest BCUT2D eigenvalue weighted by atomic mass is 10.2. The van der Waals surface area contributed by atoms with E-state index in [1.54, 1.807) is 18.6 Å². The van der Waals surface area contributed by atoms with Gasteiger partial charge in [0.1, 0.15) is 0 Å². The number of rotatable bonds is 5. The van der Waals surface area contributed by atoms with Crippen LogP contribution in [-0.2, 0) is 13.1 Å². The van der Waals surface area contributed by atoms with E-state index in [-0.39, 0.29) is 0 Å². The highest BCUT2D eigenvalue weighted by atomic mass is 35.5. The molecule has 0 bridgehead atoms. The Balaban J connectivity index is 1.84. The first kappa shape index (κ1) is 12.1. The van der Waals surface area contributed by atoms with Crippen molar-refractivity contribution in [3.63, 3.8) is 0 Å². The van der Waals surface area contributed by atoms with E-state index in [2.05, 4.69) is 22.3 Å². The molecule has 17 heavy (non-hydrogen) atoms. The Morgan fingerprint density at radius 1 is 1.47 bits per heavy atom. The quantitative estimate of drug-likeness (QED) is 0.884. The summed E-state index contributed by atoms with van der Waals surface area (Å²) in [4.78, 5) is 3.96. The standard InChI is InChI=1S/C12H15ClN4/c1-10(9-17-6-2-4-16-17)15-7-11-3-5-14-8-12(11)13/h2-6,8,10,15H,7,9H2,1H3. The molecule has 0 amide bonds. The first-order valence-electron chi connectivity index (χ1n) is 5.55. The van der Waals surface area contributed by atoms with E-state index in [0.29, 0.717) is 11.1 Å². The Morgan fingerprint density at radius 2 is 2.35 bits per heavy atom. The van der Waals surface area contributed by atoms with Crippen molar-refractivity contribution in [2.24, 2.45) is 0 Å². The summed E-state index contributed by atoms with van der Waals surface area (Å²) in [5, 5.41) is 8.27. The molecule has 0 aliphatic rings. The Morgan fingerprint density at radius 3 is 3.06 bits per heavy atom. The van der Waals surface area contributed by atoms with E-state index in [9.17, 15) is 0 Å². The number of pyridine rings is 1. The van der Waals surface area contributed by atoms with E-state index in [0.717, 1.165) is 18.7 Å². The predicted molar refractivity (Wildman–Crippen MR) is 67.8 cm³/mol. The van der Waals surface area contributed by atoms with Crippen molar-refractivity contribution >= 4 is 11.6 Å². The van der Waals surface area contributed by atoms with Gasteiger partial charge in [-0.2, -0.15) is 5.10 Å². The molecule has 0 aliphatic heterocycles. The van der Waals surface area contributed by atoms with Gasteiger partial charge in [0.15, 0.2) is 0 Å². The fourth-order valence-corrected chi connectivity index (χ4v) is 1.77. The van der Waals surface area contributed by atoms with Gasteiger partial charge in [-0.1, -0.05) is 11.6 Å². The largest absolute Gasteiger partial charge is 0.308 e. The molecule has 90 valence electrons. The molecule has 2 aromatic heterocycles. The highest BCUT2D eigenvalue weighted by molar-refractivity contribution is 6.31. The zero-order valence-corrected chi connectivity index (χ0v) is 10.4. The Bertz CT molecular complexity index is 455. The summed E-state index contributed by atoms with van der Waals surface area (Å²) in [5.41, 5.74) is 1.06. The maximum absolute atomic E-state index is 6.03. The third-order valence-corrected chi connectivity index (χ3v) is 2.86. The van der Waals surface area contributed by atoms with E-state index >= 15 is 0 Å². The van der Waals surface area contributed by atoms with Crippen molar-refractivity contribution in [3.05, 3.63) is 47.5 Å². The molecule has 2 rings (SSSR count). The molecular formula is C12H15ClN4. The van der Waals surface area contributed by atoms with Crippen LogP contribution in [0.1, 0.15) is 12.5 Å². The minimum absolute atomic E-state index is 0.333. The molecule has 5 heteroatoms. The SMILES string of the molecule is CC(Cn1cccn1)NCc1ccncc1Cl. The second kappa shape index (κ2) is 5.80. The molecule has 0 aromatic carbocycles. The van der Waals surface area contributed by atoms with Gasteiger partial charge in [0.25, 0.3) is 0 Å². The van der Waals surface area contributed by atoms with Crippen molar-refractivity contribution in [2.75, 3.05) is 0 Å². The number of hydrogen-bond donors (Lipinski definition) is 1. The summed E-state index contributed by atoms with van der Waals surface area (Å²) in [7, 11) is 0. The van der Waals surface area contributed by atoms with Crippen LogP contribution in [0.5, 0.6) is 0 Å². The lowest BCUT2D eigenvalue weighted by molar-refractivity contribution is 0.451. The molecule has 4 nitrogen and oxygen atoms in total. The molecular weight excluding hydrogens is 236 g/mol. The topological polar surface area (TPSA) is 42.7 Å². The van der Waals surface area contributed by atoms with Gasteiger partial charge in [0, 0.05) is 37.4 Å². The maximum Gasteiger partial charge on any atom is 0.0634 e. The summed E-state index contributed by atoms with van der Waals surface area (Å²) in [6.45, 7) is 3.70. The molecule has 1 N–H and O–H groups in total. The second-order valence-electron chi connectivity index (χ2n) is 3.98. The molecule has 0 aliphatic carbocycles. The number of aromatic nitrogens is 3. The van der Waals surface area contributed by atoms with Crippen molar-refractivity contribution < 1.29 is 0 Å². The van der Waals surface area contributed by atoms with Crippen molar-refractivity contribution in [1.29, 1.82) is 0 Å². The van der Waals surface area contributed by atoms with Crippen LogP contribution < -0.4 is 5.32 Å². The predicted octanol–water partition coefficient (Wildman–Crippen LogP) is 2.11. The van der Waals surface area contributed by atoms with E-state index in [1.807, 2.05) is 23.0 Å². The Labute approximate surface area is 106 Å². The fourth-order valence-electron chi connectivity index (χ4n) is 1.59. The first-order valence-corrected chi connectivity index (χ1v) is 5.92. The third-order valence-electron chi connectivity index (χ3n) is 2.52. The lowest BCUT2D eigenvalue weighted by Gasteiger charge is -2.14. The van der Waals surface area contributed by atoms with Gasteiger partial charge in [-0.15, -0.1) is 0 Å². The molecule has 0 radical (unpaired) electrons. The van der Waals surface area contributed by atoms with Crippen LogP contribution in [0.25, 0.3) is 0 Å². The lowest BCUT2D eigenvalue weighted by Crippen LogP contribution is -2.30. The average molecular weight is 251 g/mol. The molecule has 0 saturated heterocycles. The normalized spacial score (nSPS) is 12.6. The summed E-state index contributed by atoms with van der Waals surface area (Å²) in [6, 6.07) is 4.18. The van der Waals surface area contributed by atoms with Gasteiger partial charge >= 0.3 is 0 Å². The zero-order valence-electron chi connectivity index (χ0n) is 9.68. The minimum Gasteiger partial charge on any atom is -0.308 e. The monoisotopic (exact) mass is 250 g/mol. The number of halogens is 1. The summed E-state index contributed by atoms with van der Waals surface area (Å²) in [6.07, 6.45) is 7.15. The van der Waals surface area contributed by atoms with Crippen LogP contribution in [-0.4, -0.2) is 20.8 Å². The second-order valence-corrected chi connectivity index (χ2v) is 4.38. The highest BCUT2D eigenvalue weighted by Gasteiger charge is 2.04. The van der Waals surface area contributed by atoms with Crippen molar-refractivity contribution in [1.82, 2.24) is 20.1 Å². The molecule has 1 unspecified atom stereocenters. The van der Waals surface area contributed by atoms with Crippen LogP contribution in [0.15, 0.2) is 36.9 Å². The Kier molecular flexibility index (Phi) is 4.12. The van der Waals surface area contributed by atoms with Crippen LogP contribution in [0.2, 0.25) is 5.02 Å². The molecule has 0 fully saturated rings. The first-order chi connectivity index (χ1) is 8.25. The van der Waals surface area contributed by atoms with Crippen LogP contribution in [0.3, 0.4) is 0 Å². The fraction of sp³-hybridized carbons (Fsp3) is 0.333. The van der Waals surface area contributed by atoms with Crippen LogP contribution in [0.4, 0.5) is 0 Å². The van der Waals surface area contributed by atoms with Gasteiger partial charge in [-0.3, -0.25) is 9.67 Å². The van der Waals surface area contributed by atoms with Crippen molar-refractivity contribution in [3.8, 4) is 0 Å². The summed E-state index contributed by atoms with van der Waals surface area (Å²) >= 11 is 6.03. The summed E-state index contributed by atoms with van der Waals surface area (Å²) in [5.74, 6) is 0. The van der Waals surface area contributed by atoms with Crippen molar-refractivity contribution in [2.45, 2.75) is 26.1 Å². The van der Waals surface area contributed by atoms with Crippen LogP contribution in [0, 0.1) is 0 Å². The molecule has 2 aromatic rings. The zero-order chi connectivity index (χ0) is 12.1. The van der Waals surface area contributed by atoms with Gasteiger partial charge in [-0.05, 0) is 24.6 Å². The van der Waals surface area contributed by atoms with E-state index < -0.39 is 0 Å². The summed E-state index contributed by atoms with van der Waals surface area (Å²) < 4.78 is 1.91. The molecule has 1 atom stereocenters. The van der Waals surface area contributed by atoms with Crippen LogP contribution >= 0.6 is 11.6 Å². The molecule has 0 spiro atoms. The van der Waals surface area contributed by atoms with E-state index in [4.69, 9.17) is 11.6 Å². The third kappa shape index (κ3) is 3.54. The van der Waals surface area contributed by atoms with Gasteiger partial charge < -0.3 is 5.32 Å². The smallest absolute Gasteiger partial charge is 0.0634 e. The number of nitrogens with zero attached hydrogens (tertiary/aromatic N) is 3. The highest BCUT2D eigenvalue weighted by Crippen LogP contribution is 2.12. The maximum atomic E-state index is 6.03. The molecule has 2 heterocycles. The average Bonchev–Trinajstić information content (AvgIpc) is 2.81. The van der Waals surface area contributed by atoms with Gasteiger partial charge in [-0.25, -0.2) is 0 Å². The molecule has 0 saturated carbocycles. The minimum atomic E-state index is 0.333. The van der Waals surface area contributed by atoms with E-state index in [1.165, 1.54) is 0 Å². The van der Waals surface area contributed by atoms with Gasteiger partial charge in [0.05, 0.1) is 11.6 Å².